The largest absolute Gasteiger partial charge is 0.382 e. The van der Waals surface area contributed by atoms with Gasteiger partial charge < -0.3 is 20.9 Å². The number of carbonyl (C=O) groups excluding carboxylic acids is 1. The van der Waals surface area contributed by atoms with Crippen LogP contribution in [0.5, 0.6) is 0 Å². The lowest BCUT2D eigenvalue weighted by molar-refractivity contribution is -0.114. The van der Waals surface area contributed by atoms with Crippen molar-refractivity contribution in [2.75, 3.05) is 31.2 Å². The van der Waals surface area contributed by atoms with Gasteiger partial charge in [-0.25, -0.2) is 9.97 Å². The maximum Gasteiger partial charge on any atom is 0.278 e. The van der Waals surface area contributed by atoms with E-state index in [9.17, 15) is 9.90 Å². The van der Waals surface area contributed by atoms with Crippen LogP contribution < -0.4 is 11.1 Å². The lowest BCUT2D eigenvalue weighted by Gasteiger charge is -2.41. The van der Waals surface area contributed by atoms with Crippen molar-refractivity contribution in [3.05, 3.63) is 72.1 Å². The second-order valence-electron chi connectivity index (χ2n) is 7.12. The molecule has 0 radical (unpaired) electrons. The number of nitrogens with one attached hydrogen (secondary N) is 1. The number of aromatic nitrogens is 2. The molecule has 1 aromatic heterocycles. The van der Waals surface area contributed by atoms with Crippen LogP contribution in [-0.2, 0) is 4.74 Å². The van der Waals surface area contributed by atoms with E-state index >= 15 is 0 Å². The Morgan fingerprint density at radius 3 is 2.73 bits per heavy atom. The normalized spacial score (nSPS) is 15.4. The number of nitrogen functional groups attached to an aromatic ring is 1. The first-order valence-corrected chi connectivity index (χ1v) is 9.59. The topological polar surface area (TPSA) is 114 Å². The van der Waals surface area contributed by atoms with E-state index in [2.05, 4.69) is 15.3 Å². The number of ether oxygens (including phenoxy) is 1. The fourth-order valence-corrected chi connectivity index (χ4v) is 3.30. The number of rotatable bonds is 6. The molecule has 154 valence electrons. The summed E-state index contributed by atoms with van der Waals surface area (Å²) in [5.41, 5.74) is 8.55. The number of amides is 1. The Kier molecular flexibility index (Phi) is 5.71. The third-order valence-electron chi connectivity index (χ3n) is 5.08. The summed E-state index contributed by atoms with van der Waals surface area (Å²) in [7, 11) is 1.67. The molecule has 30 heavy (non-hydrogen) atoms. The molecule has 3 aromatic rings. The van der Waals surface area contributed by atoms with E-state index in [0.717, 1.165) is 11.1 Å². The van der Waals surface area contributed by atoms with Gasteiger partial charge in [-0.2, -0.15) is 0 Å². The van der Waals surface area contributed by atoms with Crippen LogP contribution in [0.1, 0.15) is 22.3 Å². The number of benzene rings is 2. The Morgan fingerprint density at radius 1 is 1.23 bits per heavy atom. The minimum absolute atomic E-state index is 0.0491. The number of nitrogens with two attached hydrogens (primary N) is 1. The van der Waals surface area contributed by atoms with Gasteiger partial charge in [-0.05, 0) is 23.8 Å². The van der Waals surface area contributed by atoms with E-state index in [1.54, 1.807) is 19.2 Å². The molecule has 1 aliphatic heterocycles. The molecule has 1 saturated heterocycles. The van der Waals surface area contributed by atoms with Crippen molar-refractivity contribution >= 4 is 17.4 Å². The summed E-state index contributed by atoms with van der Waals surface area (Å²) < 4.78 is 5.26. The van der Waals surface area contributed by atoms with Crippen LogP contribution in [0.25, 0.3) is 11.3 Å². The molecule has 0 aliphatic carbocycles. The Morgan fingerprint density at radius 2 is 2.00 bits per heavy atom. The van der Waals surface area contributed by atoms with Gasteiger partial charge in [0.25, 0.3) is 5.91 Å². The molecule has 1 atom stereocenters. The van der Waals surface area contributed by atoms with Crippen molar-refractivity contribution < 1.29 is 14.6 Å². The molecule has 0 bridgehead atoms. The third-order valence-corrected chi connectivity index (χ3v) is 5.08. The number of carbonyl (C=O) groups is 1. The highest BCUT2D eigenvalue weighted by molar-refractivity contribution is 6.05. The lowest BCUT2D eigenvalue weighted by atomic mass is 10.0. The van der Waals surface area contributed by atoms with Crippen molar-refractivity contribution in [3.63, 3.8) is 0 Å². The van der Waals surface area contributed by atoms with Crippen LogP contribution in [0.4, 0.5) is 11.5 Å². The molecule has 0 spiro atoms. The summed E-state index contributed by atoms with van der Waals surface area (Å²) in [6, 6.07) is 16.4. The highest BCUT2D eigenvalue weighted by atomic mass is 16.5. The summed E-state index contributed by atoms with van der Waals surface area (Å²) in [6.45, 7) is 1.35. The van der Waals surface area contributed by atoms with Crippen LogP contribution in [0, 0.1) is 0 Å². The quantitative estimate of drug-likeness (QED) is 0.577. The second-order valence-corrected chi connectivity index (χ2v) is 7.12. The van der Waals surface area contributed by atoms with Crippen LogP contribution in [0.3, 0.4) is 0 Å². The van der Waals surface area contributed by atoms with Gasteiger partial charge in [-0.15, -0.1) is 0 Å². The summed E-state index contributed by atoms with van der Waals surface area (Å²) in [4.78, 5) is 23.1. The molecule has 1 aliphatic rings. The number of anilines is 2. The fraction of sp³-hybridized carbons (Fsp3) is 0.227. The average molecular weight is 405 g/mol. The molecule has 4 rings (SSSR count). The monoisotopic (exact) mass is 405 g/mol. The fourth-order valence-electron chi connectivity index (χ4n) is 3.30. The molecule has 8 nitrogen and oxygen atoms in total. The maximum atomic E-state index is 12.6. The molecule has 1 fully saturated rings. The van der Waals surface area contributed by atoms with E-state index in [1.165, 1.54) is 6.20 Å². The minimum atomic E-state index is -0.737. The van der Waals surface area contributed by atoms with Gasteiger partial charge in [-0.3, -0.25) is 9.69 Å². The molecule has 2 aromatic carbocycles. The first kappa shape index (κ1) is 20.0. The third kappa shape index (κ3) is 4.16. The zero-order chi connectivity index (χ0) is 21.1. The van der Waals surface area contributed by atoms with Crippen molar-refractivity contribution in [2.24, 2.45) is 0 Å². The van der Waals surface area contributed by atoms with E-state index in [1.807, 2.05) is 47.4 Å². The molecular weight excluding hydrogens is 382 g/mol. The summed E-state index contributed by atoms with van der Waals surface area (Å²) in [5, 5.41) is 13.4. The van der Waals surface area contributed by atoms with Gasteiger partial charge in [0.1, 0.15) is 6.23 Å². The van der Waals surface area contributed by atoms with E-state index in [4.69, 9.17) is 10.5 Å². The van der Waals surface area contributed by atoms with Gasteiger partial charge in [0.05, 0.1) is 18.0 Å². The Hall–Kier alpha value is -3.33. The number of hydrogen-bond acceptors (Lipinski definition) is 7. The van der Waals surface area contributed by atoms with Gasteiger partial charge in [-0.1, -0.05) is 36.4 Å². The maximum absolute atomic E-state index is 12.6. The van der Waals surface area contributed by atoms with E-state index < -0.39 is 12.1 Å². The average Bonchev–Trinajstić information content (AvgIpc) is 2.74. The molecule has 1 unspecified atom stereocenters. The van der Waals surface area contributed by atoms with Gasteiger partial charge in [0.2, 0.25) is 0 Å². The summed E-state index contributed by atoms with van der Waals surface area (Å²) in [5.74, 6) is -0.384. The number of aliphatic hydroxyl groups excluding tert-OH is 1. The van der Waals surface area contributed by atoms with Gasteiger partial charge in [0.15, 0.2) is 11.5 Å². The Balaban J connectivity index is 1.56. The molecule has 2 heterocycles. The number of nitrogens with zero attached hydrogens (tertiary/aromatic N) is 3. The van der Waals surface area contributed by atoms with Crippen molar-refractivity contribution in [3.8, 4) is 11.3 Å². The number of para-hydroxylation sites is 1. The standard InChI is InChI=1S/C22H23N5O3/c1-30-17-12-27(13-17)22(29)15-7-5-6-14(10-15)18-11-24-20(23)19(26-18)21(28)25-16-8-3-2-4-9-16/h2-11,17,22,29H,12-13H2,1H3,(H2,23,24)(H,25,28). The molecule has 0 saturated carbocycles. The molecule has 1 amide bonds. The van der Waals surface area contributed by atoms with E-state index in [-0.39, 0.29) is 17.6 Å². The number of hydrogen-bond donors (Lipinski definition) is 3. The number of likely N-dealkylation sites (tertiary alicyclic amines) is 1. The first-order chi connectivity index (χ1) is 14.5. The first-order valence-electron chi connectivity index (χ1n) is 9.59. The predicted octanol–water partition coefficient (Wildman–Crippen LogP) is 2.30. The zero-order valence-corrected chi connectivity index (χ0v) is 16.5. The van der Waals surface area contributed by atoms with Crippen molar-refractivity contribution in [2.45, 2.75) is 12.3 Å². The molecule has 8 heteroatoms. The highest BCUT2D eigenvalue weighted by Gasteiger charge is 2.32. The second kappa shape index (κ2) is 8.58. The van der Waals surface area contributed by atoms with Crippen molar-refractivity contribution in [1.82, 2.24) is 14.9 Å². The van der Waals surface area contributed by atoms with Crippen LogP contribution >= 0.6 is 0 Å². The van der Waals surface area contributed by atoms with Gasteiger partial charge in [0, 0.05) is 31.5 Å². The number of methoxy groups -OCH3 is 1. The summed E-state index contributed by atoms with van der Waals surface area (Å²) in [6.07, 6.45) is 0.931. The molecular formula is C22H23N5O3. The van der Waals surface area contributed by atoms with Gasteiger partial charge >= 0.3 is 0 Å². The van der Waals surface area contributed by atoms with Crippen LogP contribution in [0.15, 0.2) is 60.8 Å². The lowest BCUT2D eigenvalue weighted by Crippen LogP contribution is -2.53. The number of aliphatic hydroxyl groups is 1. The molecule has 4 N–H and O–H groups in total. The smallest absolute Gasteiger partial charge is 0.278 e. The SMILES string of the molecule is COC1CN(C(O)c2cccc(-c3cnc(N)c(C(=O)Nc4ccccc4)n3)c2)C1. The van der Waals surface area contributed by atoms with Crippen molar-refractivity contribution in [1.29, 1.82) is 0 Å². The minimum Gasteiger partial charge on any atom is -0.382 e. The zero-order valence-electron chi connectivity index (χ0n) is 16.5. The summed E-state index contributed by atoms with van der Waals surface area (Å²) >= 11 is 0. The van der Waals surface area contributed by atoms with Crippen LogP contribution in [0.2, 0.25) is 0 Å². The van der Waals surface area contributed by atoms with E-state index in [0.29, 0.717) is 24.5 Å². The Labute approximate surface area is 174 Å². The Bertz CT molecular complexity index is 1040. The predicted molar refractivity (Wildman–Crippen MR) is 114 cm³/mol. The van der Waals surface area contributed by atoms with Crippen LogP contribution in [-0.4, -0.2) is 52.2 Å². The highest BCUT2D eigenvalue weighted by Crippen LogP contribution is 2.28.